The Kier molecular flexibility index (Phi) is 7.68. The van der Waals surface area contributed by atoms with Gasteiger partial charge in [-0.1, -0.05) is 58.4 Å². The number of aromatic amines is 1. The highest BCUT2D eigenvalue weighted by atomic mass is 35.5. The molecular formula is C26H37ClN6O4. The van der Waals surface area contributed by atoms with Crippen LogP contribution in [-0.2, 0) is 20.4 Å². The van der Waals surface area contributed by atoms with Crippen LogP contribution in [0.4, 0.5) is 5.69 Å². The van der Waals surface area contributed by atoms with Gasteiger partial charge in [-0.05, 0) is 39.8 Å². The topological polar surface area (TPSA) is 134 Å². The normalized spacial score (nSPS) is 14.4. The molecule has 1 aromatic carbocycles. The predicted octanol–water partition coefficient (Wildman–Crippen LogP) is 3.97. The number of aliphatic hydroxyl groups is 1. The standard InChI is InChI=1S/C26H37ClN6O4/c1-14(34)21(35)28-16-12-10-11-13-17(16)37-15(2)22(36)29-26(8,9)25(6,7)23-31-30-20-18(27)19(24(3,4)5)32-33(20)23/h10-15,32,34H,1-9H3,(H,28,35)(H,29,36). The fraction of sp³-hybridized carbons (Fsp3) is 0.538. The number of fused-ring (bicyclic) bond motifs is 1. The van der Waals surface area contributed by atoms with E-state index in [0.29, 0.717) is 27.9 Å². The molecule has 3 rings (SSSR count). The van der Waals surface area contributed by atoms with Crippen molar-refractivity contribution in [1.29, 1.82) is 0 Å². The lowest BCUT2D eigenvalue weighted by Gasteiger charge is -2.41. The van der Waals surface area contributed by atoms with E-state index < -0.39 is 29.1 Å². The number of anilines is 1. The summed E-state index contributed by atoms with van der Waals surface area (Å²) in [6, 6.07) is 6.73. The van der Waals surface area contributed by atoms with Crippen LogP contribution in [0.25, 0.3) is 5.65 Å². The third kappa shape index (κ3) is 5.60. The van der Waals surface area contributed by atoms with Crippen LogP contribution in [0.5, 0.6) is 5.75 Å². The number of benzene rings is 1. The first-order valence-electron chi connectivity index (χ1n) is 12.2. The smallest absolute Gasteiger partial charge is 0.261 e. The summed E-state index contributed by atoms with van der Waals surface area (Å²) in [4.78, 5) is 25.2. The quantitative estimate of drug-likeness (QED) is 0.347. The van der Waals surface area contributed by atoms with E-state index in [-0.39, 0.29) is 11.3 Å². The molecular weight excluding hydrogens is 496 g/mol. The minimum absolute atomic E-state index is 0.222. The molecule has 0 aliphatic carbocycles. The van der Waals surface area contributed by atoms with E-state index in [1.807, 2.05) is 27.7 Å². The Balaban J connectivity index is 1.82. The van der Waals surface area contributed by atoms with Crippen molar-refractivity contribution in [1.82, 2.24) is 25.1 Å². The van der Waals surface area contributed by atoms with Gasteiger partial charge in [-0.2, -0.15) is 0 Å². The maximum atomic E-state index is 13.2. The van der Waals surface area contributed by atoms with E-state index in [0.717, 1.165) is 5.69 Å². The summed E-state index contributed by atoms with van der Waals surface area (Å²) < 4.78 is 7.67. The van der Waals surface area contributed by atoms with Gasteiger partial charge in [0.1, 0.15) is 16.9 Å². The first-order valence-corrected chi connectivity index (χ1v) is 12.6. The van der Waals surface area contributed by atoms with Gasteiger partial charge in [0.15, 0.2) is 17.6 Å². The summed E-state index contributed by atoms with van der Waals surface area (Å²) in [6.45, 7) is 16.9. The van der Waals surface area contributed by atoms with Crippen LogP contribution < -0.4 is 15.4 Å². The summed E-state index contributed by atoms with van der Waals surface area (Å²) in [7, 11) is 0. The number of nitrogens with one attached hydrogen (secondary N) is 3. The number of rotatable bonds is 8. The van der Waals surface area contributed by atoms with Crippen molar-refractivity contribution in [2.24, 2.45) is 0 Å². The number of ether oxygens (including phenoxy) is 1. The van der Waals surface area contributed by atoms with Gasteiger partial charge in [-0.3, -0.25) is 14.7 Å². The molecule has 0 radical (unpaired) electrons. The van der Waals surface area contributed by atoms with Gasteiger partial charge < -0.3 is 20.5 Å². The molecule has 2 unspecified atom stereocenters. The number of hydrogen-bond acceptors (Lipinski definition) is 6. The van der Waals surface area contributed by atoms with Crippen molar-refractivity contribution in [3.05, 3.63) is 40.8 Å². The second-order valence-electron chi connectivity index (χ2n) is 11.4. The fourth-order valence-corrected chi connectivity index (χ4v) is 4.15. The Morgan fingerprint density at radius 1 is 1.05 bits per heavy atom. The average molecular weight is 533 g/mol. The highest BCUT2D eigenvalue weighted by Gasteiger charge is 2.44. The second kappa shape index (κ2) is 9.98. The van der Waals surface area contributed by atoms with E-state index in [1.54, 1.807) is 35.7 Å². The largest absolute Gasteiger partial charge is 0.479 e. The number of para-hydroxylation sites is 2. The molecule has 3 aromatic rings. The van der Waals surface area contributed by atoms with Crippen LogP contribution in [-0.4, -0.2) is 54.5 Å². The van der Waals surface area contributed by atoms with E-state index in [4.69, 9.17) is 16.3 Å². The molecule has 0 saturated carbocycles. The zero-order chi connectivity index (χ0) is 27.9. The lowest BCUT2D eigenvalue weighted by molar-refractivity contribution is -0.129. The minimum atomic E-state index is -1.19. The van der Waals surface area contributed by atoms with Gasteiger partial charge in [-0.15, -0.1) is 10.2 Å². The molecule has 2 aromatic heterocycles. The average Bonchev–Trinajstić information content (AvgIpc) is 3.35. The molecule has 2 heterocycles. The van der Waals surface area contributed by atoms with Gasteiger partial charge in [0.25, 0.3) is 11.8 Å². The van der Waals surface area contributed by atoms with E-state index in [2.05, 4.69) is 46.7 Å². The molecule has 0 aliphatic heterocycles. The highest BCUT2D eigenvalue weighted by molar-refractivity contribution is 6.34. The molecule has 4 N–H and O–H groups in total. The fourth-order valence-electron chi connectivity index (χ4n) is 3.71. The zero-order valence-corrected chi connectivity index (χ0v) is 23.6. The molecule has 0 fully saturated rings. The van der Waals surface area contributed by atoms with Crippen molar-refractivity contribution >= 4 is 34.7 Å². The number of halogens is 1. The van der Waals surface area contributed by atoms with Gasteiger partial charge in [0.2, 0.25) is 0 Å². The first kappa shape index (κ1) is 28.5. The monoisotopic (exact) mass is 532 g/mol. The summed E-state index contributed by atoms with van der Waals surface area (Å²) in [6.07, 6.45) is -2.07. The van der Waals surface area contributed by atoms with Crippen molar-refractivity contribution in [2.75, 3.05) is 5.32 Å². The number of aromatic nitrogens is 4. The third-order valence-corrected chi connectivity index (χ3v) is 7.17. The molecule has 0 spiro atoms. The number of carbonyl (C=O) groups is 2. The van der Waals surface area contributed by atoms with Gasteiger partial charge in [-0.25, -0.2) is 4.52 Å². The number of H-pyrrole nitrogens is 1. The maximum Gasteiger partial charge on any atom is 0.261 e. The van der Waals surface area contributed by atoms with E-state index >= 15 is 0 Å². The molecule has 37 heavy (non-hydrogen) atoms. The SMILES string of the molecule is CC(O)C(=O)Nc1ccccc1OC(C)C(=O)NC(C)(C)C(C)(C)c1nnc2c(Cl)c(C(C)(C)C)[nH]n12. The Bertz CT molecular complexity index is 1300. The van der Waals surface area contributed by atoms with Crippen molar-refractivity contribution in [2.45, 2.75) is 90.9 Å². The molecule has 2 amide bonds. The lowest BCUT2D eigenvalue weighted by atomic mass is 9.73. The van der Waals surface area contributed by atoms with Crippen LogP contribution in [0.3, 0.4) is 0 Å². The van der Waals surface area contributed by atoms with Crippen molar-refractivity contribution < 1.29 is 19.4 Å². The minimum Gasteiger partial charge on any atom is -0.479 e. The number of nitrogens with zero attached hydrogens (tertiary/aromatic N) is 3. The van der Waals surface area contributed by atoms with Gasteiger partial charge in [0.05, 0.1) is 11.4 Å². The first-order chi connectivity index (χ1) is 17.0. The van der Waals surface area contributed by atoms with Crippen LogP contribution in [0.2, 0.25) is 5.02 Å². The van der Waals surface area contributed by atoms with E-state index in [1.165, 1.54) is 6.92 Å². The molecule has 2 atom stereocenters. The summed E-state index contributed by atoms with van der Waals surface area (Å²) in [5.74, 6) is 0.00107. The predicted molar refractivity (Wildman–Crippen MR) is 143 cm³/mol. The Labute approximate surface area is 222 Å². The highest BCUT2D eigenvalue weighted by Crippen LogP contribution is 2.37. The van der Waals surface area contributed by atoms with Gasteiger partial charge >= 0.3 is 0 Å². The third-order valence-electron chi connectivity index (χ3n) is 6.81. The van der Waals surface area contributed by atoms with Gasteiger partial charge in [0, 0.05) is 16.4 Å². The van der Waals surface area contributed by atoms with Crippen LogP contribution >= 0.6 is 11.6 Å². The molecule has 11 heteroatoms. The Hall–Kier alpha value is -3.11. The molecule has 0 bridgehead atoms. The Morgan fingerprint density at radius 3 is 2.27 bits per heavy atom. The molecule has 10 nitrogen and oxygen atoms in total. The molecule has 202 valence electrons. The molecule has 0 aliphatic rings. The maximum absolute atomic E-state index is 13.2. The second-order valence-corrected chi connectivity index (χ2v) is 11.8. The number of aliphatic hydroxyl groups excluding tert-OH is 1. The van der Waals surface area contributed by atoms with Crippen molar-refractivity contribution in [3.8, 4) is 5.75 Å². The number of carbonyl (C=O) groups excluding carboxylic acids is 2. The van der Waals surface area contributed by atoms with Crippen LogP contribution in [0.15, 0.2) is 24.3 Å². The lowest BCUT2D eigenvalue weighted by Crippen LogP contribution is -2.58. The summed E-state index contributed by atoms with van der Waals surface area (Å²) in [5.41, 5.74) is 0.0431. The van der Waals surface area contributed by atoms with Crippen LogP contribution in [0.1, 0.15) is 73.8 Å². The van der Waals surface area contributed by atoms with E-state index in [9.17, 15) is 14.7 Å². The molecule has 0 saturated heterocycles. The summed E-state index contributed by atoms with van der Waals surface area (Å²) >= 11 is 6.60. The Morgan fingerprint density at radius 2 is 1.68 bits per heavy atom. The van der Waals surface area contributed by atoms with Crippen LogP contribution in [0, 0.1) is 0 Å². The van der Waals surface area contributed by atoms with Crippen molar-refractivity contribution in [3.63, 3.8) is 0 Å². The summed E-state index contributed by atoms with van der Waals surface area (Å²) in [5, 5.41) is 27.8. The number of amides is 2. The number of hydrogen-bond donors (Lipinski definition) is 4. The zero-order valence-electron chi connectivity index (χ0n) is 22.9.